The van der Waals surface area contributed by atoms with Crippen LogP contribution in [-0.2, 0) is 9.59 Å². The van der Waals surface area contributed by atoms with Gasteiger partial charge in [0.15, 0.2) is 11.5 Å². The largest absolute Gasteiger partial charge is 0.390 e. The molecule has 154 valence electrons. The summed E-state index contributed by atoms with van der Waals surface area (Å²) in [4.78, 5) is 24.8. The molecule has 0 heterocycles. The molecule has 3 fully saturated rings. The van der Waals surface area contributed by atoms with Gasteiger partial charge in [0.1, 0.15) is 5.78 Å². The van der Waals surface area contributed by atoms with Gasteiger partial charge in [0.05, 0.1) is 6.10 Å². The van der Waals surface area contributed by atoms with Gasteiger partial charge in [-0.2, -0.15) is 12.6 Å². The van der Waals surface area contributed by atoms with Crippen LogP contribution in [0.25, 0.3) is 0 Å². The van der Waals surface area contributed by atoms with Gasteiger partial charge in [0.25, 0.3) is 0 Å². The molecule has 4 rings (SSSR count). The molecule has 4 aliphatic carbocycles. The molecular formula is C23H31FO3S. The minimum atomic E-state index is -1.81. The van der Waals surface area contributed by atoms with E-state index in [9.17, 15) is 14.7 Å². The lowest BCUT2D eigenvalue weighted by molar-refractivity contribution is -0.195. The maximum Gasteiger partial charge on any atom is 0.178 e. The molecule has 28 heavy (non-hydrogen) atoms. The normalized spacial score (nSPS) is 49.9. The fourth-order valence-corrected chi connectivity index (χ4v) is 7.75. The van der Waals surface area contributed by atoms with Crippen molar-refractivity contribution in [3.05, 3.63) is 23.8 Å². The Hall–Kier alpha value is -0.940. The Bertz CT molecular complexity index is 776. The lowest BCUT2D eigenvalue weighted by atomic mass is 9.45. The number of carbonyl (C=O) groups excluding carboxylic acids is 2. The number of ketones is 2. The Morgan fingerprint density at radius 1 is 1.36 bits per heavy atom. The molecule has 0 bridgehead atoms. The highest BCUT2D eigenvalue weighted by atomic mass is 32.1. The molecular weight excluding hydrogens is 375 g/mol. The van der Waals surface area contributed by atoms with Crippen LogP contribution < -0.4 is 0 Å². The van der Waals surface area contributed by atoms with Crippen LogP contribution in [0.15, 0.2) is 23.8 Å². The van der Waals surface area contributed by atoms with E-state index in [1.54, 1.807) is 12.2 Å². The van der Waals surface area contributed by atoms with E-state index in [0.717, 1.165) is 12.0 Å². The number of alkyl halides is 1. The van der Waals surface area contributed by atoms with Crippen LogP contribution in [0, 0.1) is 34.5 Å². The van der Waals surface area contributed by atoms with Crippen LogP contribution in [0.4, 0.5) is 4.39 Å². The lowest BCUT2D eigenvalue weighted by Gasteiger charge is -2.62. The average molecular weight is 407 g/mol. The first-order chi connectivity index (χ1) is 13.1. The highest BCUT2D eigenvalue weighted by Crippen LogP contribution is 2.69. The molecule has 2 unspecified atom stereocenters. The molecule has 0 amide bonds. The quantitative estimate of drug-likeness (QED) is 0.694. The van der Waals surface area contributed by atoms with Crippen molar-refractivity contribution in [3.63, 3.8) is 0 Å². The molecule has 0 aromatic carbocycles. The number of thiol groups is 1. The van der Waals surface area contributed by atoms with Crippen LogP contribution >= 0.6 is 12.6 Å². The molecule has 0 radical (unpaired) electrons. The van der Waals surface area contributed by atoms with Gasteiger partial charge in [-0.05, 0) is 67.8 Å². The van der Waals surface area contributed by atoms with Gasteiger partial charge in [-0.25, -0.2) is 4.39 Å². The zero-order valence-electron chi connectivity index (χ0n) is 17.0. The van der Waals surface area contributed by atoms with Crippen molar-refractivity contribution in [2.24, 2.45) is 34.5 Å². The van der Waals surface area contributed by atoms with E-state index < -0.39 is 17.2 Å². The zero-order chi connectivity index (χ0) is 20.5. The van der Waals surface area contributed by atoms with E-state index in [1.807, 2.05) is 6.92 Å². The molecule has 0 spiro atoms. The number of halogens is 1. The van der Waals surface area contributed by atoms with E-state index >= 15 is 4.39 Å². The summed E-state index contributed by atoms with van der Waals surface area (Å²) in [7, 11) is 0. The number of Topliss-reactive ketones (excluding diaryl/α,β-unsaturated/α-hetero) is 1. The van der Waals surface area contributed by atoms with Crippen molar-refractivity contribution in [2.75, 3.05) is 5.75 Å². The number of carbonyl (C=O) groups is 2. The van der Waals surface area contributed by atoms with Crippen LogP contribution in [0.2, 0.25) is 0 Å². The summed E-state index contributed by atoms with van der Waals surface area (Å²) in [5, 5.41) is 11.2. The minimum absolute atomic E-state index is 0.0640. The third-order valence-corrected chi connectivity index (χ3v) is 8.91. The van der Waals surface area contributed by atoms with Gasteiger partial charge < -0.3 is 5.11 Å². The molecule has 0 aromatic rings. The number of hydrogen-bond acceptors (Lipinski definition) is 4. The topological polar surface area (TPSA) is 54.4 Å². The van der Waals surface area contributed by atoms with Crippen LogP contribution in [0.3, 0.4) is 0 Å². The molecule has 0 aliphatic heterocycles. The molecule has 3 saturated carbocycles. The first-order valence-electron chi connectivity index (χ1n) is 10.5. The van der Waals surface area contributed by atoms with Crippen molar-refractivity contribution in [3.8, 4) is 0 Å². The van der Waals surface area contributed by atoms with Gasteiger partial charge in [0, 0.05) is 23.7 Å². The van der Waals surface area contributed by atoms with E-state index in [2.05, 4.69) is 26.5 Å². The maximum atomic E-state index is 16.9. The number of allylic oxidation sites excluding steroid dienone is 4. The Kier molecular flexibility index (Phi) is 4.74. The first kappa shape index (κ1) is 20.3. The highest BCUT2D eigenvalue weighted by molar-refractivity contribution is 7.80. The van der Waals surface area contributed by atoms with Crippen LogP contribution in [-0.4, -0.2) is 34.2 Å². The number of fused-ring (bicyclic) bond motifs is 5. The van der Waals surface area contributed by atoms with Crippen molar-refractivity contribution in [1.82, 2.24) is 0 Å². The summed E-state index contributed by atoms with van der Waals surface area (Å²) in [5.74, 6) is 0.426. The summed E-state index contributed by atoms with van der Waals surface area (Å²) in [5.41, 5.74) is -2.35. The van der Waals surface area contributed by atoms with Crippen molar-refractivity contribution in [2.45, 2.75) is 64.6 Å². The smallest absolute Gasteiger partial charge is 0.178 e. The second-order valence-electron chi connectivity index (χ2n) is 9.98. The summed E-state index contributed by atoms with van der Waals surface area (Å²) in [6.45, 7) is 6.03. The monoisotopic (exact) mass is 406 g/mol. The molecule has 0 aromatic heterocycles. The highest BCUT2D eigenvalue weighted by Gasteiger charge is 2.71. The zero-order valence-corrected chi connectivity index (χ0v) is 17.8. The molecule has 0 saturated heterocycles. The minimum Gasteiger partial charge on any atom is -0.390 e. The standard InChI is InChI=1S/C23H31FO3S/c1-13-10-17-16-5-4-14-11-15(25)6-8-22(14,3)23(16,24)19(27)12-21(17,2)20(13)18(26)7-9-28/h6,8,11,13,16-17,19-20,27-28H,4-5,7,9-10,12H2,1-3H3/t13?,16-,17-,19?,20+,21-,22-,23-/m0/s1. The molecule has 1 N–H and O–H groups in total. The van der Waals surface area contributed by atoms with Gasteiger partial charge >= 0.3 is 0 Å². The third-order valence-electron chi connectivity index (χ3n) is 8.69. The van der Waals surface area contributed by atoms with Gasteiger partial charge in [0.2, 0.25) is 0 Å². The first-order valence-corrected chi connectivity index (χ1v) is 11.2. The number of aliphatic hydroxyl groups is 1. The maximum absolute atomic E-state index is 16.9. The van der Waals surface area contributed by atoms with E-state index in [-0.39, 0.29) is 40.7 Å². The number of aliphatic hydroxyl groups excluding tert-OH is 1. The predicted octanol–water partition coefficient (Wildman–Crippen LogP) is 4.11. The summed E-state index contributed by atoms with van der Waals surface area (Å²) >= 11 is 4.23. The Morgan fingerprint density at radius 2 is 2.07 bits per heavy atom. The Morgan fingerprint density at radius 3 is 2.75 bits per heavy atom. The number of hydrogen-bond donors (Lipinski definition) is 2. The Balaban J connectivity index is 1.77. The van der Waals surface area contributed by atoms with Crippen molar-refractivity contribution in [1.29, 1.82) is 0 Å². The van der Waals surface area contributed by atoms with E-state index in [4.69, 9.17) is 0 Å². The van der Waals surface area contributed by atoms with E-state index in [0.29, 0.717) is 31.4 Å². The van der Waals surface area contributed by atoms with Crippen LogP contribution in [0.1, 0.15) is 52.9 Å². The summed E-state index contributed by atoms with van der Waals surface area (Å²) < 4.78 is 16.9. The van der Waals surface area contributed by atoms with Crippen molar-refractivity contribution < 1.29 is 19.1 Å². The third kappa shape index (κ3) is 2.44. The van der Waals surface area contributed by atoms with Gasteiger partial charge in [-0.1, -0.05) is 25.5 Å². The predicted molar refractivity (Wildman–Crippen MR) is 110 cm³/mol. The van der Waals surface area contributed by atoms with Gasteiger partial charge in [-0.15, -0.1) is 0 Å². The molecule has 4 aliphatic rings. The fourth-order valence-electron chi connectivity index (χ4n) is 7.53. The summed E-state index contributed by atoms with van der Waals surface area (Å²) in [6, 6.07) is 0. The average Bonchev–Trinajstić information content (AvgIpc) is 2.87. The van der Waals surface area contributed by atoms with E-state index in [1.165, 1.54) is 6.08 Å². The Labute approximate surface area is 172 Å². The molecule has 5 heteroatoms. The SMILES string of the molecule is CC1C[C@H]2[C@@H]3CCC4=CC(=O)C=C[C@]4(C)[C@@]3(F)C(O)C[C@]2(C)[C@H]1C(=O)CCS. The molecule has 3 nitrogen and oxygen atoms in total. The fraction of sp³-hybridized carbons (Fsp3) is 0.739. The van der Waals surface area contributed by atoms with Gasteiger partial charge in [-0.3, -0.25) is 9.59 Å². The number of rotatable bonds is 3. The van der Waals surface area contributed by atoms with Crippen molar-refractivity contribution >= 4 is 24.2 Å². The second-order valence-corrected chi connectivity index (χ2v) is 10.4. The molecule has 8 atom stereocenters. The lowest BCUT2D eigenvalue weighted by Crippen LogP contribution is -2.66. The van der Waals surface area contributed by atoms with Crippen LogP contribution in [0.5, 0.6) is 0 Å². The second kappa shape index (κ2) is 6.53. The summed E-state index contributed by atoms with van der Waals surface area (Å²) in [6.07, 6.45) is 6.38.